The van der Waals surface area contributed by atoms with Crippen LogP contribution in [0.1, 0.15) is 24.0 Å². The van der Waals surface area contributed by atoms with E-state index in [9.17, 15) is 28.0 Å². The summed E-state index contributed by atoms with van der Waals surface area (Å²) in [7, 11) is 0. The van der Waals surface area contributed by atoms with Gasteiger partial charge in [0.1, 0.15) is 11.6 Å². The number of nitrogens with one attached hydrogen (secondary N) is 2. The molecule has 0 fully saturated rings. The van der Waals surface area contributed by atoms with Gasteiger partial charge in [-0.1, -0.05) is 25.3 Å². The van der Waals surface area contributed by atoms with Crippen molar-refractivity contribution in [1.82, 2.24) is 0 Å². The second-order valence-electron chi connectivity index (χ2n) is 7.20. The summed E-state index contributed by atoms with van der Waals surface area (Å²) in [4.78, 5) is 43.6. The van der Waals surface area contributed by atoms with Crippen LogP contribution in [0.4, 0.5) is 20.2 Å². The van der Waals surface area contributed by atoms with E-state index in [-0.39, 0.29) is 35.4 Å². The number of carboxylic acid groups (broad SMARTS) is 2. The zero-order valence-electron chi connectivity index (χ0n) is 18.6. The van der Waals surface area contributed by atoms with Crippen LogP contribution in [0.5, 0.6) is 0 Å². The molecular formula is C24H24F2N2O6. The van der Waals surface area contributed by atoms with E-state index in [1.54, 1.807) is 26.0 Å². The molecule has 8 nitrogen and oxygen atoms in total. The molecule has 34 heavy (non-hydrogen) atoms. The molecule has 0 saturated carbocycles. The van der Waals surface area contributed by atoms with Gasteiger partial charge < -0.3 is 20.8 Å². The molecule has 0 bridgehead atoms. The first-order chi connectivity index (χ1) is 15.8. The molecule has 0 saturated heterocycles. The molecule has 0 aromatic heterocycles. The van der Waals surface area contributed by atoms with Crippen molar-refractivity contribution < 1.29 is 38.2 Å². The van der Waals surface area contributed by atoms with E-state index in [0.717, 1.165) is 0 Å². The molecule has 0 unspecified atom stereocenters. The largest absolute Gasteiger partial charge is 0.478 e. The van der Waals surface area contributed by atoms with Crippen LogP contribution in [-0.4, -0.2) is 34.0 Å². The minimum atomic E-state index is -1.23. The highest BCUT2D eigenvalue weighted by Gasteiger charge is 2.12. The molecule has 2 rings (SSSR count). The number of anilines is 2. The first-order valence-electron chi connectivity index (χ1n) is 9.74. The lowest BCUT2D eigenvalue weighted by Crippen LogP contribution is -2.15. The highest BCUT2D eigenvalue weighted by Crippen LogP contribution is 2.15. The van der Waals surface area contributed by atoms with Crippen LogP contribution in [0.25, 0.3) is 0 Å². The van der Waals surface area contributed by atoms with Gasteiger partial charge >= 0.3 is 11.9 Å². The smallest absolute Gasteiger partial charge is 0.331 e. The van der Waals surface area contributed by atoms with Crippen LogP contribution in [-0.2, 0) is 19.2 Å². The molecule has 0 radical (unpaired) electrons. The van der Waals surface area contributed by atoms with Crippen molar-refractivity contribution in [1.29, 1.82) is 0 Å². The first-order valence-corrected chi connectivity index (χ1v) is 9.74. The second-order valence-corrected chi connectivity index (χ2v) is 7.20. The summed E-state index contributed by atoms with van der Waals surface area (Å²) in [6, 6.07) is 8.49. The Labute approximate surface area is 194 Å². The number of hydrogen-bond donors (Lipinski definition) is 4. The van der Waals surface area contributed by atoms with E-state index in [0.29, 0.717) is 11.1 Å². The Morgan fingerprint density at radius 2 is 1.06 bits per heavy atom. The van der Waals surface area contributed by atoms with Gasteiger partial charge in [0, 0.05) is 22.5 Å². The van der Waals surface area contributed by atoms with Gasteiger partial charge in [0.2, 0.25) is 11.8 Å². The number of aryl methyl sites for hydroxylation is 2. The average Bonchev–Trinajstić information content (AvgIpc) is 2.73. The van der Waals surface area contributed by atoms with Gasteiger partial charge in [-0.3, -0.25) is 9.59 Å². The molecule has 0 aliphatic rings. The van der Waals surface area contributed by atoms with Crippen LogP contribution in [0.2, 0.25) is 0 Å². The summed E-state index contributed by atoms with van der Waals surface area (Å²) in [5, 5.41) is 21.9. The lowest BCUT2D eigenvalue weighted by Gasteiger charge is -2.06. The minimum Gasteiger partial charge on any atom is -0.478 e. The van der Waals surface area contributed by atoms with E-state index in [2.05, 4.69) is 23.8 Å². The Morgan fingerprint density at radius 3 is 1.32 bits per heavy atom. The molecule has 0 atom stereocenters. The highest BCUT2D eigenvalue weighted by molar-refractivity contribution is 5.99. The number of aliphatic carboxylic acids is 2. The van der Waals surface area contributed by atoms with Gasteiger partial charge in [0.25, 0.3) is 0 Å². The Balaban J connectivity index is 0.000000340. The highest BCUT2D eigenvalue weighted by atomic mass is 19.1. The summed E-state index contributed by atoms with van der Waals surface area (Å²) in [6.45, 7) is 9.67. The molecule has 4 N–H and O–H groups in total. The number of carbonyl (C=O) groups excluding carboxylic acids is 2. The average molecular weight is 474 g/mol. The lowest BCUT2D eigenvalue weighted by atomic mass is 10.2. The summed E-state index contributed by atoms with van der Waals surface area (Å²) < 4.78 is 26.3. The van der Waals surface area contributed by atoms with Gasteiger partial charge in [-0.15, -0.1) is 0 Å². The molecule has 2 amide bonds. The maximum absolute atomic E-state index is 13.2. The predicted octanol–water partition coefficient (Wildman–Crippen LogP) is 4.21. The molecule has 0 spiro atoms. The van der Waals surface area contributed by atoms with Gasteiger partial charge in [0.05, 0.1) is 12.8 Å². The molecule has 0 aliphatic carbocycles. The Bertz CT molecular complexity index is 1050. The fourth-order valence-electron chi connectivity index (χ4n) is 2.29. The van der Waals surface area contributed by atoms with Crippen molar-refractivity contribution >= 4 is 35.1 Å². The summed E-state index contributed by atoms with van der Waals surface area (Å²) >= 11 is 0. The molecular weight excluding hydrogens is 450 g/mol. The monoisotopic (exact) mass is 474 g/mol. The number of rotatable bonds is 8. The number of hydrogen-bond acceptors (Lipinski definition) is 4. The maximum atomic E-state index is 13.2. The fraction of sp³-hybridized carbons (Fsp3) is 0.167. The Kier molecular flexibility index (Phi) is 10.3. The zero-order chi connectivity index (χ0) is 26.0. The molecule has 0 aliphatic heterocycles. The lowest BCUT2D eigenvalue weighted by molar-refractivity contribution is -0.134. The third-order valence-electron chi connectivity index (χ3n) is 4.26. The van der Waals surface area contributed by atoms with Crippen LogP contribution in [0, 0.1) is 25.5 Å². The van der Waals surface area contributed by atoms with Crippen LogP contribution in [0.15, 0.2) is 60.7 Å². The molecule has 2 aromatic rings. The van der Waals surface area contributed by atoms with E-state index < -0.39 is 35.4 Å². The predicted molar refractivity (Wildman–Crippen MR) is 122 cm³/mol. The van der Waals surface area contributed by atoms with Crippen molar-refractivity contribution in [2.75, 3.05) is 10.6 Å². The van der Waals surface area contributed by atoms with Crippen molar-refractivity contribution in [2.24, 2.45) is 0 Å². The van der Waals surface area contributed by atoms with Crippen molar-refractivity contribution in [2.45, 2.75) is 26.7 Å². The SMILES string of the molecule is C=C(CC(=O)Nc1ccc(C)c(F)c1)C(=O)O.C=C(CC(=O)Nc1ccc(C)c(F)c1)C(=O)O. The van der Waals surface area contributed by atoms with E-state index in [1.165, 1.54) is 24.3 Å². The zero-order valence-corrected chi connectivity index (χ0v) is 18.6. The van der Waals surface area contributed by atoms with Gasteiger partial charge in [-0.25, -0.2) is 18.4 Å². The molecule has 0 heterocycles. The van der Waals surface area contributed by atoms with E-state index in [4.69, 9.17) is 10.2 Å². The van der Waals surface area contributed by atoms with Crippen molar-refractivity contribution in [3.8, 4) is 0 Å². The normalized spacial score (nSPS) is 9.76. The molecule has 2 aromatic carbocycles. The summed E-state index contributed by atoms with van der Waals surface area (Å²) in [5.41, 5.74) is 1.09. The quantitative estimate of drug-likeness (QED) is 0.424. The number of halogens is 2. The van der Waals surface area contributed by atoms with Gasteiger partial charge in [-0.2, -0.15) is 0 Å². The number of carbonyl (C=O) groups is 4. The third kappa shape index (κ3) is 9.43. The van der Waals surface area contributed by atoms with Crippen molar-refractivity contribution in [3.63, 3.8) is 0 Å². The van der Waals surface area contributed by atoms with Crippen LogP contribution < -0.4 is 10.6 Å². The topological polar surface area (TPSA) is 133 Å². The van der Waals surface area contributed by atoms with Crippen LogP contribution in [0.3, 0.4) is 0 Å². The Hall–Kier alpha value is -4.34. The van der Waals surface area contributed by atoms with E-state index >= 15 is 0 Å². The Morgan fingerprint density at radius 1 is 0.735 bits per heavy atom. The summed E-state index contributed by atoms with van der Waals surface area (Å²) in [5.74, 6) is -4.40. The first kappa shape index (κ1) is 27.7. The third-order valence-corrected chi connectivity index (χ3v) is 4.26. The minimum absolute atomic E-state index is 0.213. The number of benzene rings is 2. The summed E-state index contributed by atoms with van der Waals surface area (Å²) in [6.07, 6.45) is -0.657. The second kappa shape index (κ2) is 12.6. The fourth-order valence-corrected chi connectivity index (χ4v) is 2.29. The number of carboxylic acids is 2. The molecule has 10 heteroatoms. The van der Waals surface area contributed by atoms with Crippen molar-refractivity contribution in [3.05, 3.63) is 83.5 Å². The van der Waals surface area contributed by atoms with Gasteiger partial charge in [-0.05, 0) is 49.2 Å². The maximum Gasteiger partial charge on any atom is 0.331 e. The van der Waals surface area contributed by atoms with Gasteiger partial charge in [0.15, 0.2) is 0 Å². The van der Waals surface area contributed by atoms with E-state index in [1.807, 2.05) is 0 Å². The van der Waals surface area contributed by atoms with Crippen LogP contribution >= 0.6 is 0 Å². The molecule has 180 valence electrons. The number of amides is 2. The standard InChI is InChI=1S/2C12H12FNO3/c2*1-7-3-4-9(6-10(7)13)14-11(15)5-8(2)12(16)17/h2*3-4,6H,2,5H2,1H3,(H,14,15)(H,16,17).